The van der Waals surface area contributed by atoms with Gasteiger partial charge in [-0.25, -0.2) is 5.43 Å². The molecule has 2 aromatic rings. The van der Waals surface area contributed by atoms with Gasteiger partial charge >= 0.3 is 0 Å². The molecule has 0 aliphatic carbocycles. The van der Waals surface area contributed by atoms with E-state index in [2.05, 4.69) is 10.5 Å². The van der Waals surface area contributed by atoms with Gasteiger partial charge in [0.25, 0.3) is 5.91 Å². The highest BCUT2D eigenvalue weighted by Crippen LogP contribution is 2.31. The van der Waals surface area contributed by atoms with Crippen molar-refractivity contribution in [2.24, 2.45) is 5.10 Å². The summed E-state index contributed by atoms with van der Waals surface area (Å²) in [6.07, 6.45) is 1.68. The third-order valence-corrected chi connectivity index (χ3v) is 3.84. The molecule has 7 heteroatoms. The van der Waals surface area contributed by atoms with E-state index in [-0.39, 0.29) is 12.5 Å². The van der Waals surface area contributed by atoms with Gasteiger partial charge < -0.3 is 18.9 Å². The SMILES string of the molecule is CCCOc1cc(/C=N\NC(=O)[C@@H]2COc3ccccc3O2)ccc1OC. The van der Waals surface area contributed by atoms with Gasteiger partial charge in [0.1, 0.15) is 6.61 Å². The lowest BCUT2D eigenvalue weighted by Gasteiger charge is -2.24. The smallest absolute Gasteiger partial charge is 0.284 e. The zero-order valence-electron chi connectivity index (χ0n) is 15.3. The summed E-state index contributed by atoms with van der Waals surface area (Å²) in [5, 5.41) is 3.99. The first-order chi connectivity index (χ1) is 13.2. The lowest BCUT2D eigenvalue weighted by Crippen LogP contribution is -2.42. The van der Waals surface area contributed by atoms with Gasteiger partial charge in [-0.05, 0) is 42.3 Å². The summed E-state index contributed by atoms with van der Waals surface area (Å²) >= 11 is 0. The Labute approximate surface area is 157 Å². The average molecular weight is 370 g/mol. The van der Waals surface area contributed by atoms with E-state index in [9.17, 15) is 4.79 Å². The Bertz CT molecular complexity index is 822. The van der Waals surface area contributed by atoms with Crippen molar-refractivity contribution in [3.8, 4) is 23.0 Å². The van der Waals surface area contributed by atoms with Gasteiger partial charge in [-0.2, -0.15) is 5.10 Å². The highest BCUT2D eigenvalue weighted by atomic mass is 16.6. The molecule has 0 saturated heterocycles. The maximum atomic E-state index is 12.2. The molecule has 1 aliphatic rings. The van der Waals surface area contributed by atoms with E-state index in [1.165, 1.54) is 6.21 Å². The van der Waals surface area contributed by atoms with E-state index in [0.29, 0.717) is 29.6 Å². The van der Waals surface area contributed by atoms with Crippen LogP contribution in [0.15, 0.2) is 47.6 Å². The van der Waals surface area contributed by atoms with Gasteiger partial charge in [0.2, 0.25) is 6.10 Å². The first-order valence-electron chi connectivity index (χ1n) is 8.73. The summed E-state index contributed by atoms with van der Waals surface area (Å²) in [4.78, 5) is 12.2. The van der Waals surface area contributed by atoms with E-state index < -0.39 is 6.10 Å². The Kier molecular flexibility index (Phi) is 6.14. The molecular formula is C20H22N2O5. The monoisotopic (exact) mass is 370 g/mol. The van der Waals surface area contributed by atoms with Crippen LogP contribution in [0.1, 0.15) is 18.9 Å². The normalized spacial score (nSPS) is 15.4. The topological polar surface area (TPSA) is 78.4 Å². The Morgan fingerprint density at radius 1 is 1.26 bits per heavy atom. The highest BCUT2D eigenvalue weighted by molar-refractivity contribution is 5.85. The van der Waals surface area contributed by atoms with Crippen molar-refractivity contribution in [3.63, 3.8) is 0 Å². The maximum absolute atomic E-state index is 12.2. The lowest BCUT2D eigenvalue weighted by molar-refractivity contribution is -0.130. The predicted molar refractivity (Wildman–Crippen MR) is 101 cm³/mol. The minimum Gasteiger partial charge on any atom is -0.493 e. The van der Waals surface area contributed by atoms with Crippen LogP contribution < -0.4 is 24.4 Å². The number of hydrogen-bond acceptors (Lipinski definition) is 6. The van der Waals surface area contributed by atoms with E-state index in [1.807, 2.05) is 25.1 Å². The van der Waals surface area contributed by atoms with Crippen molar-refractivity contribution in [3.05, 3.63) is 48.0 Å². The fourth-order valence-electron chi connectivity index (χ4n) is 2.49. The van der Waals surface area contributed by atoms with Gasteiger partial charge in [0.15, 0.2) is 23.0 Å². The summed E-state index contributed by atoms with van der Waals surface area (Å²) < 4.78 is 22.1. The molecular weight excluding hydrogens is 348 g/mol. The second-order valence-corrected chi connectivity index (χ2v) is 5.86. The van der Waals surface area contributed by atoms with Crippen LogP contribution in [0.2, 0.25) is 0 Å². The first-order valence-corrected chi connectivity index (χ1v) is 8.73. The number of hydrazone groups is 1. The standard InChI is InChI=1S/C20H22N2O5/c1-3-10-25-18-11-14(8-9-15(18)24-2)12-21-22-20(23)19-13-26-16-6-4-5-7-17(16)27-19/h4-9,11-12,19H,3,10,13H2,1-2H3,(H,22,23)/b21-12-/t19-/m0/s1. The van der Waals surface area contributed by atoms with Crippen molar-refractivity contribution in [1.82, 2.24) is 5.43 Å². The number of carbonyl (C=O) groups excluding carboxylic acids is 1. The van der Waals surface area contributed by atoms with Crippen LogP contribution in [-0.2, 0) is 4.79 Å². The highest BCUT2D eigenvalue weighted by Gasteiger charge is 2.26. The molecule has 142 valence electrons. The number of para-hydroxylation sites is 2. The van der Waals surface area contributed by atoms with E-state index in [0.717, 1.165) is 12.0 Å². The van der Waals surface area contributed by atoms with Gasteiger partial charge in [0, 0.05) is 0 Å². The number of nitrogens with one attached hydrogen (secondary N) is 1. The zero-order chi connectivity index (χ0) is 19.1. The zero-order valence-corrected chi connectivity index (χ0v) is 15.3. The van der Waals surface area contributed by atoms with E-state index in [4.69, 9.17) is 18.9 Å². The van der Waals surface area contributed by atoms with Crippen molar-refractivity contribution in [2.75, 3.05) is 20.3 Å². The van der Waals surface area contributed by atoms with Crippen LogP contribution in [-0.4, -0.2) is 38.5 Å². The number of methoxy groups -OCH3 is 1. The van der Waals surface area contributed by atoms with Gasteiger partial charge in [-0.1, -0.05) is 19.1 Å². The minimum absolute atomic E-state index is 0.135. The summed E-state index contributed by atoms with van der Waals surface area (Å²) in [5.41, 5.74) is 3.25. The second-order valence-electron chi connectivity index (χ2n) is 5.86. The molecule has 0 spiro atoms. The molecule has 0 unspecified atom stereocenters. The molecule has 2 aromatic carbocycles. The summed E-state index contributed by atoms with van der Waals surface area (Å²) in [5.74, 6) is 2.08. The van der Waals surface area contributed by atoms with Crippen molar-refractivity contribution in [2.45, 2.75) is 19.4 Å². The number of amides is 1. The fraction of sp³-hybridized carbons (Fsp3) is 0.300. The predicted octanol–water partition coefficient (Wildman–Crippen LogP) is 2.77. The third-order valence-electron chi connectivity index (χ3n) is 3.84. The second kappa shape index (κ2) is 8.93. The molecule has 1 N–H and O–H groups in total. The van der Waals surface area contributed by atoms with Crippen LogP contribution >= 0.6 is 0 Å². The molecule has 3 rings (SSSR count). The molecule has 7 nitrogen and oxygen atoms in total. The summed E-state index contributed by atoms with van der Waals surface area (Å²) in [6, 6.07) is 12.6. The Morgan fingerprint density at radius 3 is 2.85 bits per heavy atom. The molecule has 1 amide bonds. The van der Waals surface area contributed by atoms with Crippen LogP contribution in [0.4, 0.5) is 0 Å². The Hall–Kier alpha value is -3.22. The molecule has 0 bridgehead atoms. The first kappa shape index (κ1) is 18.6. The Balaban J connectivity index is 1.59. The van der Waals surface area contributed by atoms with Crippen molar-refractivity contribution in [1.29, 1.82) is 0 Å². The number of fused-ring (bicyclic) bond motifs is 1. The van der Waals surface area contributed by atoms with Gasteiger partial charge in [-0.15, -0.1) is 0 Å². The number of hydrogen-bond donors (Lipinski definition) is 1. The number of carbonyl (C=O) groups is 1. The third kappa shape index (κ3) is 4.69. The molecule has 27 heavy (non-hydrogen) atoms. The maximum Gasteiger partial charge on any atom is 0.284 e. The molecule has 0 saturated carbocycles. The average Bonchev–Trinajstić information content (AvgIpc) is 2.71. The lowest BCUT2D eigenvalue weighted by atomic mass is 10.2. The minimum atomic E-state index is -0.753. The molecule has 0 radical (unpaired) electrons. The molecule has 0 aromatic heterocycles. The summed E-state index contributed by atoms with van der Waals surface area (Å²) in [6.45, 7) is 2.76. The molecule has 0 fully saturated rings. The van der Waals surface area contributed by atoms with E-state index >= 15 is 0 Å². The molecule has 1 heterocycles. The quantitative estimate of drug-likeness (QED) is 0.599. The molecule has 1 aliphatic heterocycles. The summed E-state index contributed by atoms with van der Waals surface area (Å²) in [7, 11) is 1.59. The van der Waals surface area contributed by atoms with Crippen LogP contribution in [0.5, 0.6) is 23.0 Å². The van der Waals surface area contributed by atoms with Crippen LogP contribution in [0.3, 0.4) is 0 Å². The van der Waals surface area contributed by atoms with Gasteiger partial charge in [0.05, 0.1) is 19.9 Å². The van der Waals surface area contributed by atoms with Crippen LogP contribution in [0, 0.1) is 0 Å². The Morgan fingerprint density at radius 2 is 2.07 bits per heavy atom. The fourth-order valence-corrected chi connectivity index (χ4v) is 2.49. The van der Waals surface area contributed by atoms with Gasteiger partial charge in [-0.3, -0.25) is 4.79 Å². The number of ether oxygens (including phenoxy) is 4. The largest absolute Gasteiger partial charge is 0.493 e. The number of benzene rings is 2. The van der Waals surface area contributed by atoms with E-state index in [1.54, 1.807) is 31.4 Å². The van der Waals surface area contributed by atoms with Crippen molar-refractivity contribution >= 4 is 12.1 Å². The number of nitrogens with zero attached hydrogens (tertiary/aromatic N) is 1. The number of rotatable bonds is 7. The van der Waals surface area contributed by atoms with Crippen molar-refractivity contribution < 1.29 is 23.7 Å². The molecule has 1 atom stereocenters. The van der Waals surface area contributed by atoms with Crippen LogP contribution in [0.25, 0.3) is 0 Å².